The smallest absolute Gasteiger partial charge is 0.141 e. The van der Waals surface area contributed by atoms with Gasteiger partial charge >= 0.3 is 16.1 Å². The van der Waals surface area contributed by atoms with E-state index in [-0.39, 0.29) is 0 Å². The van der Waals surface area contributed by atoms with E-state index in [1.165, 1.54) is 0 Å². The molecule has 0 spiro atoms. The van der Waals surface area contributed by atoms with Crippen molar-refractivity contribution in [1.82, 2.24) is 0 Å². The van der Waals surface area contributed by atoms with Crippen molar-refractivity contribution in [3.63, 3.8) is 0 Å². The fourth-order valence-corrected chi connectivity index (χ4v) is 3.92. The van der Waals surface area contributed by atoms with Gasteiger partial charge in [0.25, 0.3) is 10.6 Å². The second kappa shape index (κ2) is 8.59. The third-order valence-corrected chi connectivity index (χ3v) is 4.84. The second-order valence-corrected chi connectivity index (χ2v) is 7.89. The van der Waals surface area contributed by atoms with E-state index in [0.717, 1.165) is 0 Å². The molecule has 0 radical (unpaired) electrons. The molecule has 6 heteroatoms. The standard InChI is InChI=1S/C14H22O4P2/c1-11(2)9-17-19(15)13-7-5-6-8-14(13)20(16)18-10-12(3)4/h5-8,11-12H,9-10H2,1-4H3/q+2. The average Bonchev–Trinajstić information content (AvgIpc) is 2.42. The number of hydrogen-bond acceptors (Lipinski definition) is 4. The van der Waals surface area contributed by atoms with E-state index in [9.17, 15) is 9.13 Å². The highest BCUT2D eigenvalue weighted by Gasteiger charge is 2.38. The third kappa shape index (κ3) is 5.76. The first-order valence-corrected chi connectivity index (χ1v) is 9.06. The second-order valence-electron chi connectivity index (χ2n) is 5.38. The molecule has 0 bridgehead atoms. The lowest BCUT2D eigenvalue weighted by molar-refractivity contribution is 0.286. The summed E-state index contributed by atoms with van der Waals surface area (Å²) in [5, 5.41) is 0.932. The van der Waals surface area contributed by atoms with E-state index >= 15 is 0 Å². The maximum absolute atomic E-state index is 12.2. The van der Waals surface area contributed by atoms with Crippen LogP contribution in [0.1, 0.15) is 27.7 Å². The Morgan fingerprint density at radius 1 is 0.850 bits per heavy atom. The van der Waals surface area contributed by atoms with Crippen molar-refractivity contribution in [1.29, 1.82) is 0 Å². The van der Waals surface area contributed by atoms with Crippen LogP contribution in [0.4, 0.5) is 0 Å². The number of rotatable bonds is 8. The number of benzene rings is 1. The van der Waals surface area contributed by atoms with Gasteiger partial charge < -0.3 is 0 Å². The van der Waals surface area contributed by atoms with Crippen LogP contribution in [0.2, 0.25) is 0 Å². The lowest BCUT2D eigenvalue weighted by Gasteiger charge is -1.97. The first-order valence-electron chi connectivity index (χ1n) is 6.71. The molecule has 110 valence electrons. The minimum absolute atomic E-state index is 0.298. The van der Waals surface area contributed by atoms with Gasteiger partial charge in [-0.3, -0.25) is 0 Å². The molecule has 2 atom stereocenters. The van der Waals surface area contributed by atoms with E-state index in [4.69, 9.17) is 9.05 Å². The molecule has 1 aromatic rings. The van der Waals surface area contributed by atoms with Gasteiger partial charge in [-0.1, -0.05) is 39.8 Å². The lowest BCUT2D eigenvalue weighted by Crippen LogP contribution is -2.19. The molecule has 0 aliphatic carbocycles. The molecule has 0 aliphatic rings. The van der Waals surface area contributed by atoms with Crippen LogP contribution in [0, 0.1) is 11.8 Å². The van der Waals surface area contributed by atoms with Crippen molar-refractivity contribution in [2.45, 2.75) is 27.7 Å². The minimum Gasteiger partial charge on any atom is -0.141 e. The van der Waals surface area contributed by atoms with Crippen LogP contribution >= 0.6 is 16.1 Å². The molecule has 0 heterocycles. The molecule has 1 aromatic carbocycles. The molecule has 0 saturated heterocycles. The van der Waals surface area contributed by atoms with Crippen molar-refractivity contribution < 1.29 is 18.2 Å². The Morgan fingerprint density at radius 2 is 1.20 bits per heavy atom. The topological polar surface area (TPSA) is 52.6 Å². The van der Waals surface area contributed by atoms with Crippen molar-refractivity contribution in [3.8, 4) is 0 Å². The zero-order valence-electron chi connectivity index (χ0n) is 12.4. The Morgan fingerprint density at radius 3 is 1.50 bits per heavy atom. The Labute approximate surface area is 122 Å². The molecule has 0 aliphatic heterocycles. The zero-order chi connectivity index (χ0) is 15.1. The summed E-state index contributed by atoms with van der Waals surface area (Å²) in [7, 11) is -4.00. The molecule has 1 rings (SSSR count). The van der Waals surface area contributed by atoms with E-state index in [1.807, 2.05) is 27.7 Å². The van der Waals surface area contributed by atoms with Gasteiger partial charge in [-0.25, -0.2) is 0 Å². The maximum atomic E-state index is 12.2. The SMILES string of the molecule is CC(C)CO[P+](=O)c1ccccc1[P+](=O)OCC(C)C. The summed E-state index contributed by atoms with van der Waals surface area (Å²) in [4.78, 5) is 0. The highest BCUT2D eigenvalue weighted by Crippen LogP contribution is 2.28. The fraction of sp³-hybridized carbons (Fsp3) is 0.571. The summed E-state index contributed by atoms with van der Waals surface area (Å²) in [5.41, 5.74) is 0. The first kappa shape index (κ1) is 17.4. The van der Waals surface area contributed by atoms with Crippen LogP contribution in [0.5, 0.6) is 0 Å². The summed E-state index contributed by atoms with van der Waals surface area (Å²) in [6.45, 7) is 8.77. The Kier molecular flexibility index (Phi) is 7.47. The van der Waals surface area contributed by atoms with E-state index in [0.29, 0.717) is 35.7 Å². The van der Waals surface area contributed by atoms with Gasteiger partial charge in [-0.05, 0) is 33.1 Å². The summed E-state index contributed by atoms with van der Waals surface area (Å²) < 4.78 is 35.0. The van der Waals surface area contributed by atoms with Crippen molar-refractivity contribution >= 4 is 26.7 Å². The minimum atomic E-state index is -2.00. The highest BCUT2D eigenvalue weighted by molar-refractivity contribution is 7.55. The molecule has 0 fully saturated rings. The van der Waals surface area contributed by atoms with Crippen LogP contribution < -0.4 is 10.6 Å². The monoisotopic (exact) mass is 316 g/mol. The van der Waals surface area contributed by atoms with E-state index in [2.05, 4.69) is 0 Å². The Balaban J connectivity index is 2.82. The molecule has 0 amide bonds. The van der Waals surface area contributed by atoms with Crippen LogP contribution in [0.15, 0.2) is 24.3 Å². The van der Waals surface area contributed by atoms with Gasteiger partial charge in [0.2, 0.25) is 0 Å². The van der Waals surface area contributed by atoms with Crippen molar-refractivity contribution in [3.05, 3.63) is 24.3 Å². The molecule has 2 unspecified atom stereocenters. The third-order valence-electron chi connectivity index (χ3n) is 2.33. The van der Waals surface area contributed by atoms with Crippen LogP contribution in [-0.4, -0.2) is 13.2 Å². The average molecular weight is 316 g/mol. The lowest BCUT2D eigenvalue weighted by atomic mass is 10.2. The predicted molar refractivity (Wildman–Crippen MR) is 82.5 cm³/mol. The zero-order valence-corrected chi connectivity index (χ0v) is 14.2. The van der Waals surface area contributed by atoms with Crippen LogP contribution in [-0.2, 0) is 18.2 Å². The normalized spacial score (nSPS) is 12.9. The predicted octanol–water partition coefficient (Wildman–Crippen LogP) is 3.77. The van der Waals surface area contributed by atoms with Crippen LogP contribution in [0.25, 0.3) is 0 Å². The summed E-state index contributed by atoms with van der Waals surface area (Å²) >= 11 is 0. The van der Waals surface area contributed by atoms with E-state index < -0.39 is 16.1 Å². The summed E-state index contributed by atoms with van der Waals surface area (Å²) in [6.07, 6.45) is 0. The molecule has 0 aromatic heterocycles. The summed E-state index contributed by atoms with van der Waals surface area (Å²) in [6, 6.07) is 6.88. The molecular weight excluding hydrogens is 294 g/mol. The van der Waals surface area contributed by atoms with Gasteiger partial charge in [-0.15, -0.1) is 9.05 Å². The van der Waals surface area contributed by atoms with Crippen LogP contribution in [0.3, 0.4) is 0 Å². The number of hydrogen-bond donors (Lipinski definition) is 0. The van der Waals surface area contributed by atoms with Gasteiger partial charge in [0.15, 0.2) is 0 Å². The summed E-state index contributed by atoms with van der Waals surface area (Å²) in [5.74, 6) is 0.596. The molecule has 0 N–H and O–H groups in total. The molecule has 4 nitrogen and oxygen atoms in total. The van der Waals surface area contributed by atoms with Gasteiger partial charge in [0.1, 0.15) is 13.2 Å². The largest absolute Gasteiger partial charge is 0.553 e. The van der Waals surface area contributed by atoms with Gasteiger partial charge in [0, 0.05) is 0 Å². The molecular formula is C14H22O4P2+2. The molecule has 0 saturated carbocycles. The Bertz CT molecular complexity index is 429. The highest BCUT2D eigenvalue weighted by atomic mass is 31.1. The fourth-order valence-electron chi connectivity index (χ4n) is 1.35. The van der Waals surface area contributed by atoms with Crippen molar-refractivity contribution in [2.75, 3.05) is 13.2 Å². The Hall–Kier alpha value is -0.660. The van der Waals surface area contributed by atoms with Gasteiger partial charge in [0.05, 0.1) is 0 Å². The maximum Gasteiger partial charge on any atom is 0.553 e. The quantitative estimate of drug-likeness (QED) is 0.685. The molecule has 20 heavy (non-hydrogen) atoms. The van der Waals surface area contributed by atoms with Crippen molar-refractivity contribution in [2.24, 2.45) is 11.8 Å². The van der Waals surface area contributed by atoms with E-state index in [1.54, 1.807) is 24.3 Å². The van der Waals surface area contributed by atoms with Gasteiger partial charge in [-0.2, -0.15) is 0 Å². The first-order chi connectivity index (χ1) is 9.41.